The molecular formula is C15H18N2O4. The van der Waals surface area contributed by atoms with E-state index in [2.05, 4.69) is 4.98 Å². The molecule has 0 radical (unpaired) electrons. The van der Waals surface area contributed by atoms with Gasteiger partial charge >= 0.3 is 5.97 Å². The number of morpholine rings is 1. The number of carboxylic acid groups (broad SMARTS) is 1. The third kappa shape index (κ3) is 2.59. The minimum atomic E-state index is -0.847. The van der Waals surface area contributed by atoms with Crippen LogP contribution in [0.2, 0.25) is 0 Å². The summed E-state index contributed by atoms with van der Waals surface area (Å²) in [5.41, 5.74) is 1.67. The topological polar surface area (TPSA) is 74.8 Å². The van der Waals surface area contributed by atoms with Gasteiger partial charge in [0.2, 0.25) is 0 Å². The van der Waals surface area contributed by atoms with Crippen molar-refractivity contribution >= 4 is 16.9 Å². The largest absolute Gasteiger partial charge is 0.497 e. The van der Waals surface area contributed by atoms with Gasteiger partial charge in [0.25, 0.3) is 0 Å². The van der Waals surface area contributed by atoms with Crippen LogP contribution in [0.15, 0.2) is 24.4 Å². The summed E-state index contributed by atoms with van der Waals surface area (Å²) in [4.78, 5) is 16.8. The van der Waals surface area contributed by atoms with Crippen LogP contribution in [-0.4, -0.2) is 54.4 Å². The molecule has 6 heteroatoms. The first kappa shape index (κ1) is 13.9. The van der Waals surface area contributed by atoms with Gasteiger partial charge in [-0.3, -0.25) is 9.69 Å². The van der Waals surface area contributed by atoms with Crippen LogP contribution in [0.3, 0.4) is 0 Å². The molecule has 2 heterocycles. The van der Waals surface area contributed by atoms with Crippen LogP contribution in [0.1, 0.15) is 11.6 Å². The summed E-state index contributed by atoms with van der Waals surface area (Å²) in [5, 5.41) is 10.5. The number of methoxy groups -OCH3 is 1. The highest BCUT2D eigenvalue weighted by atomic mass is 16.5. The highest BCUT2D eigenvalue weighted by Gasteiger charge is 2.30. The lowest BCUT2D eigenvalue weighted by molar-refractivity contribution is -0.145. The number of H-pyrrole nitrogens is 1. The minimum Gasteiger partial charge on any atom is -0.497 e. The summed E-state index contributed by atoms with van der Waals surface area (Å²) < 4.78 is 10.5. The van der Waals surface area contributed by atoms with Gasteiger partial charge in [0, 0.05) is 35.8 Å². The Balaban J connectivity index is 2.04. The molecule has 2 N–H and O–H groups in total. The molecule has 21 heavy (non-hydrogen) atoms. The van der Waals surface area contributed by atoms with Gasteiger partial charge in [0.15, 0.2) is 0 Å². The van der Waals surface area contributed by atoms with Crippen molar-refractivity contribution in [2.75, 3.05) is 33.4 Å². The monoisotopic (exact) mass is 290 g/mol. The summed E-state index contributed by atoms with van der Waals surface area (Å²) in [6.07, 6.45) is 1.78. The number of aromatic nitrogens is 1. The third-order valence-corrected chi connectivity index (χ3v) is 3.86. The van der Waals surface area contributed by atoms with Crippen molar-refractivity contribution in [3.63, 3.8) is 0 Å². The average molecular weight is 290 g/mol. The maximum absolute atomic E-state index is 11.8. The zero-order chi connectivity index (χ0) is 14.8. The molecule has 0 spiro atoms. The fourth-order valence-corrected chi connectivity index (χ4v) is 2.80. The highest BCUT2D eigenvalue weighted by molar-refractivity contribution is 5.90. The van der Waals surface area contributed by atoms with Gasteiger partial charge in [-0.1, -0.05) is 0 Å². The lowest BCUT2D eigenvalue weighted by Gasteiger charge is -2.31. The van der Waals surface area contributed by atoms with E-state index in [9.17, 15) is 9.90 Å². The number of ether oxygens (including phenoxy) is 2. The first-order chi connectivity index (χ1) is 10.2. The van der Waals surface area contributed by atoms with E-state index < -0.39 is 12.0 Å². The van der Waals surface area contributed by atoms with E-state index >= 15 is 0 Å². The Hall–Kier alpha value is -2.05. The van der Waals surface area contributed by atoms with Crippen molar-refractivity contribution in [3.8, 4) is 5.75 Å². The van der Waals surface area contributed by atoms with Crippen LogP contribution in [0.5, 0.6) is 5.75 Å². The van der Waals surface area contributed by atoms with Gasteiger partial charge in [0.1, 0.15) is 11.8 Å². The van der Waals surface area contributed by atoms with E-state index in [0.29, 0.717) is 26.3 Å². The smallest absolute Gasteiger partial charge is 0.325 e. The molecule has 3 rings (SSSR count). The summed E-state index contributed by atoms with van der Waals surface area (Å²) in [5.74, 6) is -0.130. The Kier molecular flexibility index (Phi) is 3.81. The van der Waals surface area contributed by atoms with Gasteiger partial charge in [-0.25, -0.2) is 0 Å². The number of carbonyl (C=O) groups is 1. The van der Waals surface area contributed by atoms with Crippen molar-refractivity contribution in [1.82, 2.24) is 9.88 Å². The van der Waals surface area contributed by atoms with E-state index in [1.54, 1.807) is 13.3 Å². The molecule has 0 bridgehead atoms. The van der Waals surface area contributed by atoms with E-state index in [4.69, 9.17) is 9.47 Å². The number of rotatable bonds is 4. The lowest BCUT2D eigenvalue weighted by atomic mass is 10.0. The molecule has 1 aliphatic heterocycles. The molecule has 1 fully saturated rings. The zero-order valence-electron chi connectivity index (χ0n) is 11.8. The molecule has 2 aromatic rings. The van der Waals surface area contributed by atoms with E-state index in [1.165, 1.54) is 0 Å². The predicted molar refractivity (Wildman–Crippen MR) is 77.6 cm³/mol. The van der Waals surface area contributed by atoms with Gasteiger partial charge in [-0.15, -0.1) is 0 Å². The molecule has 0 saturated carbocycles. The van der Waals surface area contributed by atoms with Crippen LogP contribution in [0.4, 0.5) is 0 Å². The quantitative estimate of drug-likeness (QED) is 0.895. The average Bonchev–Trinajstić information content (AvgIpc) is 2.91. The number of nitrogens with one attached hydrogen (secondary N) is 1. The van der Waals surface area contributed by atoms with Crippen LogP contribution in [0.25, 0.3) is 10.9 Å². The van der Waals surface area contributed by atoms with Crippen LogP contribution >= 0.6 is 0 Å². The zero-order valence-corrected chi connectivity index (χ0v) is 11.8. The van der Waals surface area contributed by atoms with Crippen molar-refractivity contribution < 1.29 is 19.4 Å². The third-order valence-electron chi connectivity index (χ3n) is 3.86. The molecule has 112 valence electrons. The molecule has 1 aromatic heterocycles. The molecule has 1 saturated heterocycles. The molecule has 0 unspecified atom stereocenters. The molecule has 1 aromatic carbocycles. The molecule has 1 atom stereocenters. The number of carboxylic acids is 1. The summed E-state index contributed by atoms with van der Waals surface area (Å²) in [6.45, 7) is 2.37. The second-order valence-corrected chi connectivity index (χ2v) is 5.04. The maximum atomic E-state index is 11.8. The second-order valence-electron chi connectivity index (χ2n) is 5.04. The van der Waals surface area contributed by atoms with E-state index in [1.807, 2.05) is 23.1 Å². The molecular weight excluding hydrogens is 272 g/mol. The molecule has 1 aliphatic rings. The number of benzene rings is 1. The maximum Gasteiger partial charge on any atom is 0.325 e. The SMILES string of the molecule is COc1ccc2[nH]cc([C@H](C(=O)O)N3CCOCC3)c2c1. The summed E-state index contributed by atoms with van der Waals surface area (Å²) in [6, 6.07) is 4.95. The fourth-order valence-electron chi connectivity index (χ4n) is 2.80. The van der Waals surface area contributed by atoms with Crippen LogP contribution in [0, 0.1) is 0 Å². The number of aliphatic carboxylic acids is 1. The van der Waals surface area contributed by atoms with Crippen molar-refractivity contribution in [1.29, 1.82) is 0 Å². The normalized spacial score (nSPS) is 17.8. The van der Waals surface area contributed by atoms with Crippen molar-refractivity contribution in [2.45, 2.75) is 6.04 Å². The number of aromatic amines is 1. The number of hydrogen-bond donors (Lipinski definition) is 2. The molecule has 6 nitrogen and oxygen atoms in total. The Morgan fingerprint density at radius 3 is 2.86 bits per heavy atom. The summed E-state index contributed by atoms with van der Waals surface area (Å²) in [7, 11) is 1.60. The van der Waals surface area contributed by atoms with Gasteiger partial charge in [0.05, 0.1) is 20.3 Å². The number of fused-ring (bicyclic) bond motifs is 1. The first-order valence-electron chi connectivity index (χ1n) is 6.90. The lowest BCUT2D eigenvalue weighted by Crippen LogP contribution is -2.42. The number of hydrogen-bond acceptors (Lipinski definition) is 4. The molecule has 0 amide bonds. The second kappa shape index (κ2) is 5.75. The number of nitrogens with zero attached hydrogens (tertiary/aromatic N) is 1. The predicted octanol–water partition coefficient (Wildman–Crippen LogP) is 1.63. The molecule has 0 aliphatic carbocycles. The standard InChI is InChI=1S/C15H18N2O4/c1-20-10-2-3-13-11(8-10)12(9-16-13)14(15(18)19)17-4-6-21-7-5-17/h2-3,8-9,14,16H,4-7H2,1H3,(H,18,19)/t14-/m1/s1. The van der Waals surface area contributed by atoms with Crippen LogP contribution < -0.4 is 4.74 Å². The Bertz CT molecular complexity index is 646. The van der Waals surface area contributed by atoms with Crippen LogP contribution in [-0.2, 0) is 9.53 Å². The highest BCUT2D eigenvalue weighted by Crippen LogP contribution is 2.31. The fraction of sp³-hybridized carbons (Fsp3) is 0.400. The first-order valence-corrected chi connectivity index (χ1v) is 6.90. The van der Waals surface area contributed by atoms with E-state index in [0.717, 1.165) is 22.2 Å². The van der Waals surface area contributed by atoms with Gasteiger partial charge in [-0.05, 0) is 18.2 Å². The van der Waals surface area contributed by atoms with E-state index in [-0.39, 0.29) is 0 Å². The van der Waals surface area contributed by atoms with Gasteiger partial charge < -0.3 is 19.6 Å². The van der Waals surface area contributed by atoms with Gasteiger partial charge in [-0.2, -0.15) is 0 Å². The van der Waals surface area contributed by atoms with Crippen molar-refractivity contribution in [2.24, 2.45) is 0 Å². The summed E-state index contributed by atoms with van der Waals surface area (Å²) >= 11 is 0. The Morgan fingerprint density at radius 2 is 2.19 bits per heavy atom. The minimum absolute atomic E-state index is 0.565. The Morgan fingerprint density at radius 1 is 1.43 bits per heavy atom. The Labute approximate surface area is 122 Å². The van der Waals surface area contributed by atoms with Crippen molar-refractivity contribution in [3.05, 3.63) is 30.0 Å².